The highest BCUT2D eigenvalue weighted by Crippen LogP contribution is 2.30. The highest BCUT2D eigenvalue weighted by Gasteiger charge is 2.32. The van der Waals surface area contributed by atoms with Crippen LogP contribution in [-0.4, -0.2) is 20.7 Å². The highest BCUT2D eigenvalue weighted by molar-refractivity contribution is 7.90. The molecule has 2 heterocycles. The molecule has 0 aliphatic rings. The number of rotatable bonds is 3. The molecule has 2 N–H and O–H groups in total. The van der Waals surface area contributed by atoms with Gasteiger partial charge in [-0.15, -0.1) is 12.6 Å². The van der Waals surface area contributed by atoms with Crippen LogP contribution in [0.1, 0.15) is 5.69 Å². The van der Waals surface area contributed by atoms with Gasteiger partial charge in [0, 0.05) is 17.0 Å². The summed E-state index contributed by atoms with van der Waals surface area (Å²) in [4.78, 5) is 14.6. The number of pyridine rings is 1. The van der Waals surface area contributed by atoms with E-state index in [0.29, 0.717) is 16.5 Å². The van der Waals surface area contributed by atoms with E-state index < -0.39 is 17.8 Å². The fraction of sp³-hybridized carbons (Fsp3) is 0.0625. The summed E-state index contributed by atoms with van der Waals surface area (Å²) in [5.74, 6) is -0.668. The molecule has 5 nitrogen and oxygen atoms in total. The topological polar surface area (TPSA) is 73.8 Å². The molecule has 0 aliphatic carbocycles. The van der Waals surface area contributed by atoms with E-state index in [0.717, 1.165) is 12.1 Å². The van der Waals surface area contributed by atoms with Gasteiger partial charge >= 0.3 is 6.18 Å². The Kier molecular flexibility index (Phi) is 4.25. The first-order chi connectivity index (χ1) is 11.8. The highest BCUT2D eigenvalue weighted by atomic mass is 32.1. The number of hydrogen-bond donors (Lipinski definition) is 2. The second-order valence-corrected chi connectivity index (χ2v) is 5.60. The number of nitrogens with zero attached hydrogens (tertiary/aromatic N) is 3. The quantitative estimate of drug-likeness (QED) is 0.553. The zero-order valence-corrected chi connectivity index (χ0v) is 13.4. The first kappa shape index (κ1) is 17.0. The normalized spacial score (nSPS) is 12.6. The van der Waals surface area contributed by atoms with E-state index in [1.54, 1.807) is 18.2 Å². The van der Waals surface area contributed by atoms with E-state index in [2.05, 4.69) is 22.7 Å². The largest absolute Gasteiger partial charge is 0.433 e. The lowest BCUT2D eigenvalue weighted by Crippen LogP contribution is -2.08. The van der Waals surface area contributed by atoms with Crippen molar-refractivity contribution in [1.29, 1.82) is 0 Å². The molecule has 0 saturated carbocycles. The predicted octanol–water partition coefficient (Wildman–Crippen LogP) is 3.33. The lowest BCUT2D eigenvalue weighted by Gasteiger charge is -2.08. The molecule has 0 radical (unpaired) electrons. The number of amides is 1. The Labute approximate surface area is 145 Å². The number of carbonyl (C=O) groups is 1. The van der Waals surface area contributed by atoms with Gasteiger partial charge in [-0.2, -0.15) is 18.3 Å². The van der Waals surface area contributed by atoms with E-state index in [9.17, 15) is 18.0 Å². The molecule has 0 aliphatic heterocycles. The second kappa shape index (κ2) is 6.25. The molecule has 0 saturated heterocycles. The van der Waals surface area contributed by atoms with Gasteiger partial charge in [-0.05, 0) is 24.3 Å². The van der Waals surface area contributed by atoms with E-state index in [-0.39, 0.29) is 10.7 Å². The summed E-state index contributed by atoms with van der Waals surface area (Å²) in [6.07, 6.45) is -1.89. The average molecular weight is 364 g/mol. The summed E-state index contributed by atoms with van der Waals surface area (Å²) in [7, 11) is 0. The maximum atomic E-state index is 12.8. The molecule has 0 bridgehead atoms. The van der Waals surface area contributed by atoms with Crippen LogP contribution in [0, 0.1) is 0 Å². The molecule has 3 rings (SSSR count). The molecule has 1 amide bonds. The van der Waals surface area contributed by atoms with Crippen LogP contribution in [0.5, 0.6) is 0 Å². The molecule has 0 spiro atoms. The Hall–Kier alpha value is -2.81. The van der Waals surface area contributed by atoms with Crippen molar-refractivity contribution in [3.63, 3.8) is 0 Å². The Morgan fingerprint density at radius 2 is 2.00 bits per heavy atom. The Morgan fingerprint density at radius 1 is 1.24 bits per heavy atom. The monoisotopic (exact) mass is 364 g/mol. The maximum Gasteiger partial charge on any atom is 0.433 e. The predicted molar refractivity (Wildman–Crippen MR) is 90.4 cm³/mol. The summed E-state index contributed by atoms with van der Waals surface area (Å²) >= 11 is 4.17. The minimum atomic E-state index is -4.51. The van der Waals surface area contributed by atoms with Gasteiger partial charge in [0.1, 0.15) is 10.7 Å². The standard InChI is InChI=1S/C16H11F3N4OS/c17-16(18,19)13-3-1-2-11(22-13)9-4-5-12-10(6-9)8-21-23(12)15(25)7-14(20)24/h1-8,25H,(H2,20,24)/b15-7-. The number of aromatic nitrogens is 3. The van der Waals surface area contributed by atoms with Gasteiger partial charge in [0.05, 0.1) is 17.4 Å². The van der Waals surface area contributed by atoms with Crippen LogP contribution >= 0.6 is 12.6 Å². The number of primary amides is 1. The summed E-state index contributed by atoms with van der Waals surface area (Å²) in [5.41, 5.74) is 5.46. The zero-order valence-electron chi connectivity index (χ0n) is 12.5. The van der Waals surface area contributed by atoms with Crippen molar-refractivity contribution in [3.05, 3.63) is 54.4 Å². The Morgan fingerprint density at radius 3 is 2.68 bits per heavy atom. The lowest BCUT2D eigenvalue weighted by atomic mass is 10.1. The van der Waals surface area contributed by atoms with Gasteiger partial charge in [-0.25, -0.2) is 9.67 Å². The number of fused-ring (bicyclic) bond motifs is 1. The number of hydrogen-bond acceptors (Lipinski definition) is 4. The van der Waals surface area contributed by atoms with Gasteiger partial charge in [0.2, 0.25) is 5.91 Å². The third-order valence-corrected chi connectivity index (χ3v) is 3.71. The number of halogens is 3. The number of benzene rings is 1. The van der Waals surface area contributed by atoms with Crippen LogP contribution in [0.15, 0.2) is 48.7 Å². The second-order valence-electron chi connectivity index (χ2n) is 5.14. The Balaban J connectivity index is 2.05. The SMILES string of the molecule is NC(=O)/C=C(\S)n1ncc2cc(-c3cccc(C(F)(F)F)n3)ccc21. The van der Waals surface area contributed by atoms with E-state index in [1.165, 1.54) is 23.0 Å². The van der Waals surface area contributed by atoms with Gasteiger partial charge in [0.25, 0.3) is 0 Å². The summed E-state index contributed by atoms with van der Waals surface area (Å²) in [5, 5.41) is 4.99. The number of thiol groups is 1. The molecule has 25 heavy (non-hydrogen) atoms. The molecule has 9 heteroatoms. The van der Waals surface area contributed by atoms with Crippen molar-refractivity contribution >= 4 is 34.5 Å². The minimum Gasteiger partial charge on any atom is -0.366 e. The Bertz CT molecular complexity index is 994. The maximum absolute atomic E-state index is 12.8. The van der Waals surface area contributed by atoms with Crippen LogP contribution in [0.25, 0.3) is 27.2 Å². The van der Waals surface area contributed by atoms with Crippen LogP contribution in [0.2, 0.25) is 0 Å². The zero-order chi connectivity index (χ0) is 18.2. The number of nitrogens with two attached hydrogens (primary N) is 1. The van der Waals surface area contributed by atoms with Crippen molar-refractivity contribution in [3.8, 4) is 11.3 Å². The van der Waals surface area contributed by atoms with Gasteiger partial charge in [-0.1, -0.05) is 12.1 Å². The first-order valence-electron chi connectivity index (χ1n) is 6.98. The average Bonchev–Trinajstić information content (AvgIpc) is 2.96. The van der Waals surface area contributed by atoms with Crippen LogP contribution in [-0.2, 0) is 11.0 Å². The van der Waals surface area contributed by atoms with Gasteiger partial charge in [-0.3, -0.25) is 4.79 Å². The van der Waals surface area contributed by atoms with Gasteiger partial charge in [0.15, 0.2) is 0 Å². The molecular formula is C16H11F3N4OS. The third kappa shape index (κ3) is 3.50. The molecule has 3 aromatic rings. The molecule has 1 aromatic carbocycles. The van der Waals surface area contributed by atoms with Gasteiger partial charge < -0.3 is 5.73 Å². The van der Waals surface area contributed by atoms with Crippen LogP contribution < -0.4 is 5.73 Å². The molecule has 128 valence electrons. The molecule has 0 atom stereocenters. The van der Waals surface area contributed by atoms with E-state index >= 15 is 0 Å². The van der Waals surface area contributed by atoms with Crippen molar-refractivity contribution in [2.45, 2.75) is 6.18 Å². The molecular weight excluding hydrogens is 353 g/mol. The lowest BCUT2D eigenvalue weighted by molar-refractivity contribution is -0.141. The van der Waals surface area contributed by atoms with Crippen LogP contribution in [0.4, 0.5) is 13.2 Å². The van der Waals surface area contributed by atoms with E-state index in [4.69, 9.17) is 5.73 Å². The van der Waals surface area contributed by atoms with Crippen molar-refractivity contribution in [1.82, 2.24) is 14.8 Å². The van der Waals surface area contributed by atoms with Crippen molar-refractivity contribution < 1.29 is 18.0 Å². The number of alkyl halides is 3. The van der Waals surface area contributed by atoms with Crippen LogP contribution in [0.3, 0.4) is 0 Å². The summed E-state index contributed by atoms with van der Waals surface area (Å²) in [6, 6.07) is 8.66. The fourth-order valence-corrected chi connectivity index (χ4v) is 2.60. The first-order valence-corrected chi connectivity index (χ1v) is 7.43. The fourth-order valence-electron chi connectivity index (χ4n) is 2.32. The van der Waals surface area contributed by atoms with Crippen molar-refractivity contribution in [2.24, 2.45) is 5.73 Å². The summed E-state index contributed by atoms with van der Waals surface area (Å²) in [6.45, 7) is 0. The minimum absolute atomic E-state index is 0.197. The van der Waals surface area contributed by atoms with Crippen molar-refractivity contribution in [2.75, 3.05) is 0 Å². The summed E-state index contributed by atoms with van der Waals surface area (Å²) < 4.78 is 39.8. The third-order valence-electron chi connectivity index (χ3n) is 3.39. The van der Waals surface area contributed by atoms with E-state index in [1.807, 2.05) is 0 Å². The molecule has 0 fully saturated rings. The molecule has 0 unspecified atom stereocenters. The number of carbonyl (C=O) groups excluding carboxylic acids is 1. The molecule has 2 aromatic heterocycles. The smallest absolute Gasteiger partial charge is 0.366 e.